The van der Waals surface area contributed by atoms with E-state index in [9.17, 15) is 13.2 Å². The molecule has 0 bridgehead atoms. The van der Waals surface area contributed by atoms with Crippen molar-refractivity contribution in [2.45, 2.75) is 42.8 Å². The molecule has 2 aliphatic rings. The van der Waals surface area contributed by atoms with Crippen molar-refractivity contribution >= 4 is 27.5 Å². The highest BCUT2D eigenvalue weighted by atomic mass is 32.2. The highest BCUT2D eigenvalue weighted by Gasteiger charge is 2.31. The maximum Gasteiger partial charge on any atom is 0.222 e. The molecule has 1 aromatic rings. The van der Waals surface area contributed by atoms with Crippen LogP contribution in [0.4, 0.5) is 0 Å². The number of hydrogen-bond donors (Lipinski definition) is 0. The van der Waals surface area contributed by atoms with E-state index in [4.69, 9.17) is 0 Å². The average Bonchev–Trinajstić information content (AvgIpc) is 2.89. The molecule has 4 nitrogen and oxygen atoms in total. The molecule has 0 aliphatic carbocycles. The molecule has 1 amide bonds. The maximum atomic E-state index is 12.4. The van der Waals surface area contributed by atoms with E-state index in [-0.39, 0.29) is 23.3 Å². The number of amides is 1. The van der Waals surface area contributed by atoms with Gasteiger partial charge in [0.25, 0.3) is 0 Å². The Morgan fingerprint density at radius 3 is 2.54 bits per heavy atom. The lowest BCUT2D eigenvalue weighted by Crippen LogP contribution is -2.40. The molecule has 2 fully saturated rings. The number of nitrogens with zero attached hydrogens (tertiary/aromatic N) is 1. The van der Waals surface area contributed by atoms with Gasteiger partial charge >= 0.3 is 0 Å². The molecule has 0 spiro atoms. The lowest BCUT2D eigenvalue weighted by Gasteiger charge is -2.32. The average molecular weight is 368 g/mol. The fraction of sp³-hybridized carbons (Fsp3) is 0.611. The number of rotatable bonds is 4. The molecule has 1 aromatic carbocycles. The summed E-state index contributed by atoms with van der Waals surface area (Å²) >= 11 is 1.92. The van der Waals surface area contributed by atoms with Crippen molar-refractivity contribution in [2.75, 3.05) is 24.6 Å². The Hall–Kier alpha value is -1.01. The minimum absolute atomic E-state index is 0.0292. The van der Waals surface area contributed by atoms with Crippen molar-refractivity contribution < 1.29 is 13.2 Å². The summed E-state index contributed by atoms with van der Waals surface area (Å²) in [5.41, 5.74) is 1.31. The van der Waals surface area contributed by atoms with Gasteiger partial charge in [-0.2, -0.15) is 0 Å². The summed E-state index contributed by atoms with van der Waals surface area (Å²) in [6.07, 6.45) is 3.06. The van der Waals surface area contributed by atoms with E-state index >= 15 is 0 Å². The first kappa shape index (κ1) is 17.8. The third kappa shape index (κ3) is 4.54. The lowest BCUT2D eigenvalue weighted by molar-refractivity contribution is -0.132. The topological polar surface area (TPSA) is 54.5 Å². The first-order valence-electron chi connectivity index (χ1n) is 8.63. The van der Waals surface area contributed by atoms with Crippen LogP contribution in [0, 0.1) is 12.8 Å². The van der Waals surface area contributed by atoms with E-state index in [0.29, 0.717) is 18.1 Å². The third-order valence-electron chi connectivity index (χ3n) is 4.97. The zero-order chi connectivity index (χ0) is 17.2. The van der Waals surface area contributed by atoms with Crippen LogP contribution in [-0.4, -0.2) is 49.1 Å². The Labute approximate surface area is 148 Å². The van der Waals surface area contributed by atoms with Crippen LogP contribution in [-0.2, 0) is 14.6 Å². The van der Waals surface area contributed by atoms with Crippen LogP contribution in [0.25, 0.3) is 0 Å². The van der Waals surface area contributed by atoms with Gasteiger partial charge in [-0.3, -0.25) is 4.79 Å². The molecule has 2 heterocycles. The number of hydrogen-bond acceptors (Lipinski definition) is 4. The highest BCUT2D eigenvalue weighted by molar-refractivity contribution is 8.00. The minimum atomic E-state index is -2.89. The number of likely N-dealkylation sites (tertiary alicyclic amines) is 1. The van der Waals surface area contributed by atoms with Gasteiger partial charge in [0, 0.05) is 29.7 Å². The molecular weight excluding hydrogens is 342 g/mol. The van der Waals surface area contributed by atoms with E-state index in [1.54, 1.807) is 0 Å². The van der Waals surface area contributed by atoms with Crippen molar-refractivity contribution in [3.63, 3.8) is 0 Å². The molecule has 0 saturated carbocycles. The fourth-order valence-electron chi connectivity index (χ4n) is 3.50. The van der Waals surface area contributed by atoms with Crippen molar-refractivity contribution in [1.29, 1.82) is 0 Å². The van der Waals surface area contributed by atoms with Crippen molar-refractivity contribution in [1.82, 2.24) is 4.90 Å². The molecule has 132 valence electrons. The minimum Gasteiger partial charge on any atom is -0.343 e. The Kier molecular flexibility index (Phi) is 5.55. The van der Waals surface area contributed by atoms with Gasteiger partial charge in [-0.25, -0.2) is 8.42 Å². The summed E-state index contributed by atoms with van der Waals surface area (Å²) in [6, 6.07) is 8.43. The summed E-state index contributed by atoms with van der Waals surface area (Å²) in [4.78, 5) is 15.7. The van der Waals surface area contributed by atoms with Crippen LogP contribution in [0.3, 0.4) is 0 Å². The Morgan fingerprint density at radius 2 is 1.92 bits per heavy atom. The second-order valence-corrected chi connectivity index (χ2v) is 10.5. The number of piperidine rings is 1. The molecule has 6 heteroatoms. The molecular formula is C18H25NO3S2. The predicted molar refractivity (Wildman–Crippen MR) is 98.0 cm³/mol. The number of carbonyl (C=O) groups is 1. The molecule has 1 atom stereocenters. The molecule has 0 radical (unpaired) electrons. The third-order valence-corrected chi connectivity index (χ3v) is 8.33. The van der Waals surface area contributed by atoms with Crippen LogP contribution in [0.1, 0.15) is 31.2 Å². The van der Waals surface area contributed by atoms with Gasteiger partial charge in [-0.05, 0) is 43.7 Å². The van der Waals surface area contributed by atoms with Gasteiger partial charge in [0.15, 0.2) is 9.84 Å². The zero-order valence-corrected chi connectivity index (χ0v) is 15.7. The van der Waals surface area contributed by atoms with E-state index < -0.39 is 9.84 Å². The van der Waals surface area contributed by atoms with Gasteiger partial charge in [0.2, 0.25) is 5.91 Å². The Balaban J connectivity index is 1.46. The summed E-state index contributed by atoms with van der Waals surface area (Å²) in [6.45, 7) is 3.72. The first-order chi connectivity index (χ1) is 11.4. The van der Waals surface area contributed by atoms with Crippen LogP contribution < -0.4 is 0 Å². The predicted octanol–water partition coefficient (Wildman–Crippen LogP) is 2.90. The number of sulfone groups is 1. The van der Waals surface area contributed by atoms with E-state index in [2.05, 4.69) is 31.2 Å². The molecule has 3 rings (SSSR count). The van der Waals surface area contributed by atoms with Gasteiger partial charge in [-0.1, -0.05) is 18.2 Å². The second kappa shape index (κ2) is 7.48. The quantitative estimate of drug-likeness (QED) is 0.821. The zero-order valence-electron chi connectivity index (χ0n) is 14.1. The normalized spacial score (nSPS) is 24.2. The summed E-state index contributed by atoms with van der Waals surface area (Å²) in [7, 11) is -2.89. The summed E-state index contributed by atoms with van der Waals surface area (Å²) < 4.78 is 23.0. The molecule has 2 aliphatic heterocycles. The molecule has 0 N–H and O–H groups in total. The summed E-state index contributed by atoms with van der Waals surface area (Å²) in [5, 5.41) is 0.557. The number of thioether (sulfide) groups is 1. The summed E-state index contributed by atoms with van der Waals surface area (Å²) in [5.74, 6) is 0.608. The Morgan fingerprint density at radius 1 is 1.21 bits per heavy atom. The van der Waals surface area contributed by atoms with Crippen LogP contribution in [0.2, 0.25) is 0 Å². The SMILES string of the molecule is Cc1ccccc1SC1CCN(C(=O)C[C@@H]2CCS(=O)(=O)C2)CC1. The van der Waals surface area contributed by atoms with Crippen molar-refractivity contribution in [3.8, 4) is 0 Å². The lowest BCUT2D eigenvalue weighted by atomic mass is 10.0. The van der Waals surface area contributed by atoms with E-state index in [1.807, 2.05) is 16.7 Å². The van der Waals surface area contributed by atoms with Gasteiger partial charge in [0.05, 0.1) is 11.5 Å². The van der Waals surface area contributed by atoms with Crippen LogP contribution in [0.5, 0.6) is 0 Å². The fourth-order valence-corrected chi connectivity index (χ4v) is 6.58. The molecule has 0 aromatic heterocycles. The van der Waals surface area contributed by atoms with E-state index in [0.717, 1.165) is 25.9 Å². The maximum absolute atomic E-state index is 12.4. The largest absolute Gasteiger partial charge is 0.343 e. The second-order valence-electron chi connectivity index (χ2n) is 6.94. The Bertz CT molecular complexity index is 694. The highest BCUT2D eigenvalue weighted by Crippen LogP contribution is 2.32. The van der Waals surface area contributed by atoms with Gasteiger partial charge < -0.3 is 4.90 Å². The van der Waals surface area contributed by atoms with Crippen LogP contribution in [0.15, 0.2) is 29.2 Å². The van der Waals surface area contributed by atoms with E-state index in [1.165, 1.54) is 10.5 Å². The first-order valence-corrected chi connectivity index (χ1v) is 11.3. The van der Waals surface area contributed by atoms with Crippen molar-refractivity contribution in [2.24, 2.45) is 5.92 Å². The molecule has 24 heavy (non-hydrogen) atoms. The van der Waals surface area contributed by atoms with Gasteiger partial charge in [0.1, 0.15) is 0 Å². The molecule has 2 saturated heterocycles. The smallest absolute Gasteiger partial charge is 0.222 e. The number of carbonyl (C=O) groups excluding carboxylic acids is 1. The monoisotopic (exact) mass is 367 g/mol. The molecule has 0 unspecified atom stereocenters. The van der Waals surface area contributed by atoms with Crippen LogP contribution >= 0.6 is 11.8 Å². The number of benzene rings is 1. The van der Waals surface area contributed by atoms with Gasteiger partial charge in [-0.15, -0.1) is 11.8 Å². The number of aryl methyl sites for hydroxylation is 1. The standard InChI is InChI=1S/C18H25NO3S2/c1-14-4-2-3-5-17(14)23-16-6-9-19(10-7-16)18(20)12-15-8-11-24(21,22)13-15/h2-5,15-16H,6-13H2,1H3/t15-/m0/s1. The van der Waals surface area contributed by atoms with Crippen molar-refractivity contribution in [3.05, 3.63) is 29.8 Å².